The molecule has 154 valence electrons. The third-order valence-corrected chi connectivity index (χ3v) is 7.00. The number of nitrogens with zero attached hydrogens (tertiary/aromatic N) is 2. The maximum atomic E-state index is 12.4. The van der Waals surface area contributed by atoms with Crippen LogP contribution in [0.25, 0.3) is 0 Å². The van der Waals surface area contributed by atoms with Gasteiger partial charge in [0.25, 0.3) is 0 Å². The van der Waals surface area contributed by atoms with Crippen molar-refractivity contribution in [2.24, 2.45) is 16.8 Å². The Bertz CT molecular complexity index is 879. The van der Waals surface area contributed by atoms with Crippen LogP contribution < -0.4 is 4.74 Å². The number of rotatable bonds is 5. The Morgan fingerprint density at radius 3 is 2.62 bits per heavy atom. The van der Waals surface area contributed by atoms with E-state index in [9.17, 15) is 4.79 Å². The standard InChI is InChI=1S/C22H24Br2N2O3/c1-3-29-22(27)17-9-8-16(17)19-11-20(13-4-6-15(28-2)7-5-13)26-12-14(23)10-18(24)21(26)25-19/h4-7,10,12,16-17,19-20H,3,8-9,11H2,1-2H3. The molecular weight excluding hydrogens is 500 g/mol. The molecule has 1 fully saturated rings. The van der Waals surface area contributed by atoms with Crippen molar-refractivity contribution in [1.82, 2.24) is 4.90 Å². The lowest BCUT2D eigenvalue weighted by Gasteiger charge is -2.45. The number of halogens is 2. The van der Waals surface area contributed by atoms with Crippen LogP contribution in [0.15, 0.2) is 50.5 Å². The Morgan fingerprint density at radius 2 is 2.00 bits per heavy atom. The number of carbonyl (C=O) groups excluding carboxylic acids is 1. The van der Waals surface area contributed by atoms with Gasteiger partial charge in [0.1, 0.15) is 11.6 Å². The van der Waals surface area contributed by atoms with Crippen LogP contribution >= 0.6 is 31.9 Å². The molecule has 1 aliphatic carbocycles. The van der Waals surface area contributed by atoms with Gasteiger partial charge in [-0.3, -0.25) is 9.79 Å². The maximum Gasteiger partial charge on any atom is 0.309 e. The molecule has 4 unspecified atom stereocenters. The summed E-state index contributed by atoms with van der Waals surface area (Å²) in [6.45, 7) is 2.29. The van der Waals surface area contributed by atoms with Crippen LogP contribution in [-0.2, 0) is 9.53 Å². The fourth-order valence-corrected chi connectivity index (χ4v) is 5.69. The predicted octanol–water partition coefficient (Wildman–Crippen LogP) is 5.33. The SMILES string of the molecule is CCOC(=O)C1CCC1C1CC(c2ccc(OC)cc2)N2C=C(Br)C=C(Br)C2=N1. The molecule has 2 aliphatic heterocycles. The molecule has 2 heterocycles. The first-order chi connectivity index (χ1) is 14.0. The van der Waals surface area contributed by atoms with E-state index in [-0.39, 0.29) is 29.9 Å². The van der Waals surface area contributed by atoms with Crippen LogP contribution in [0.4, 0.5) is 0 Å². The molecule has 29 heavy (non-hydrogen) atoms. The summed E-state index contributed by atoms with van der Waals surface area (Å²) < 4.78 is 12.6. The van der Waals surface area contributed by atoms with Crippen molar-refractivity contribution in [1.29, 1.82) is 0 Å². The Labute approximate surface area is 188 Å². The molecule has 0 saturated heterocycles. The highest BCUT2D eigenvalue weighted by atomic mass is 79.9. The van der Waals surface area contributed by atoms with Crippen molar-refractivity contribution in [2.45, 2.75) is 38.3 Å². The van der Waals surface area contributed by atoms with Crippen molar-refractivity contribution < 1.29 is 14.3 Å². The van der Waals surface area contributed by atoms with Crippen molar-refractivity contribution >= 4 is 43.7 Å². The molecule has 4 rings (SSSR count). The first kappa shape index (κ1) is 20.7. The van der Waals surface area contributed by atoms with Crippen LogP contribution in [0.3, 0.4) is 0 Å². The second kappa shape index (κ2) is 8.64. The molecule has 5 nitrogen and oxygen atoms in total. The van der Waals surface area contributed by atoms with Gasteiger partial charge in [0.2, 0.25) is 0 Å². The molecule has 0 bridgehead atoms. The fourth-order valence-electron chi connectivity index (χ4n) is 4.38. The normalized spacial score (nSPS) is 28.4. The molecule has 0 spiro atoms. The minimum absolute atomic E-state index is 0.0407. The van der Waals surface area contributed by atoms with Crippen molar-refractivity contribution in [2.75, 3.05) is 13.7 Å². The number of allylic oxidation sites excluding steroid dienone is 2. The summed E-state index contributed by atoms with van der Waals surface area (Å²) >= 11 is 7.29. The second-order valence-corrected chi connectivity index (χ2v) is 9.33. The molecule has 0 amide bonds. The highest BCUT2D eigenvalue weighted by Crippen LogP contribution is 2.46. The number of aliphatic imine (C=N–C) groups is 1. The van der Waals surface area contributed by atoms with Crippen LogP contribution in [0, 0.1) is 11.8 Å². The zero-order chi connectivity index (χ0) is 20.5. The van der Waals surface area contributed by atoms with Crippen molar-refractivity contribution in [3.05, 3.63) is 51.1 Å². The Balaban J connectivity index is 1.66. The zero-order valence-corrected chi connectivity index (χ0v) is 19.6. The molecule has 0 N–H and O–H groups in total. The molecule has 0 aromatic heterocycles. The summed E-state index contributed by atoms with van der Waals surface area (Å²) in [4.78, 5) is 19.6. The molecule has 1 saturated carbocycles. The molecule has 1 aromatic carbocycles. The van der Waals surface area contributed by atoms with E-state index in [1.54, 1.807) is 7.11 Å². The topological polar surface area (TPSA) is 51.1 Å². The summed E-state index contributed by atoms with van der Waals surface area (Å²) in [5.41, 5.74) is 1.20. The lowest BCUT2D eigenvalue weighted by molar-refractivity contribution is -0.155. The van der Waals surface area contributed by atoms with Gasteiger partial charge in [-0.15, -0.1) is 0 Å². The Kier molecular flexibility index (Phi) is 6.16. The lowest BCUT2D eigenvalue weighted by atomic mass is 9.68. The molecule has 3 aliphatic rings. The van der Waals surface area contributed by atoms with Gasteiger partial charge in [0.05, 0.1) is 36.2 Å². The largest absolute Gasteiger partial charge is 0.497 e. The van der Waals surface area contributed by atoms with E-state index < -0.39 is 0 Å². The number of methoxy groups -OCH3 is 1. The number of hydrogen-bond donors (Lipinski definition) is 0. The zero-order valence-electron chi connectivity index (χ0n) is 16.5. The average Bonchev–Trinajstić information content (AvgIpc) is 2.67. The van der Waals surface area contributed by atoms with Crippen LogP contribution in [0.1, 0.15) is 37.8 Å². The van der Waals surface area contributed by atoms with Gasteiger partial charge in [-0.05, 0) is 87.7 Å². The molecule has 4 atom stereocenters. The number of hydrogen-bond acceptors (Lipinski definition) is 5. The lowest BCUT2D eigenvalue weighted by Crippen LogP contribution is -2.47. The van der Waals surface area contributed by atoms with Gasteiger partial charge in [0, 0.05) is 10.7 Å². The van der Waals surface area contributed by atoms with Crippen molar-refractivity contribution in [3.63, 3.8) is 0 Å². The van der Waals surface area contributed by atoms with E-state index in [0.29, 0.717) is 6.61 Å². The number of fused-ring (bicyclic) bond motifs is 1. The fraction of sp³-hybridized carbons (Fsp3) is 0.455. The molecule has 0 radical (unpaired) electrons. The van der Waals surface area contributed by atoms with Crippen LogP contribution in [0.2, 0.25) is 0 Å². The monoisotopic (exact) mass is 522 g/mol. The number of amidine groups is 1. The smallest absolute Gasteiger partial charge is 0.309 e. The first-order valence-corrected chi connectivity index (χ1v) is 11.5. The van der Waals surface area contributed by atoms with Gasteiger partial charge < -0.3 is 14.4 Å². The van der Waals surface area contributed by atoms with Gasteiger partial charge >= 0.3 is 5.97 Å². The highest BCUT2D eigenvalue weighted by molar-refractivity contribution is 9.12. The van der Waals surface area contributed by atoms with Gasteiger partial charge in [-0.1, -0.05) is 12.1 Å². The average molecular weight is 524 g/mol. The van der Waals surface area contributed by atoms with E-state index in [1.165, 1.54) is 5.56 Å². The summed E-state index contributed by atoms with van der Waals surface area (Å²) in [5, 5.41) is 0. The highest BCUT2D eigenvalue weighted by Gasteiger charge is 2.46. The molecular formula is C22H24Br2N2O3. The van der Waals surface area contributed by atoms with E-state index >= 15 is 0 Å². The van der Waals surface area contributed by atoms with E-state index in [2.05, 4.69) is 55.1 Å². The van der Waals surface area contributed by atoms with E-state index in [4.69, 9.17) is 14.5 Å². The van der Waals surface area contributed by atoms with E-state index in [0.717, 1.165) is 39.8 Å². The van der Waals surface area contributed by atoms with Crippen LogP contribution in [0.5, 0.6) is 5.75 Å². The third kappa shape index (κ3) is 4.04. The minimum atomic E-state index is -0.0757. The molecule has 7 heteroatoms. The minimum Gasteiger partial charge on any atom is -0.497 e. The second-order valence-electron chi connectivity index (χ2n) is 7.56. The van der Waals surface area contributed by atoms with Crippen molar-refractivity contribution in [3.8, 4) is 5.75 Å². The summed E-state index contributed by atoms with van der Waals surface area (Å²) in [6.07, 6.45) is 6.86. The van der Waals surface area contributed by atoms with Gasteiger partial charge in [-0.2, -0.15) is 0 Å². The maximum absolute atomic E-state index is 12.4. The molecule has 1 aromatic rings. The summed E-state index contributed by atoms with van der Waals surface area (Å²) in [5.74, 6) is 1.88. The van der Waals surface area contributed by atoms with Gasteiger partial charge in [-0.25, -0.2) is 0 Å². The first-order valence-electron chi connectivity index (χ1n) is 9.93. The number of ether oxygens (including phenoxy) is 2. The third-order valence-electron chi connectivity index (χ3n) is 5.99. The van der Waals surface area contributed by atoms with Crippen LogP contribution in [-0.4, -0.2) is 36.5 Å². The number of benzene rings is 1. The summed E-state index contributed by atoms with van der Waals surface area (Å²) in [6, 6.07) is 8.43. The predicted molar refractivity (Wildman–Crippen MR) is 120 cm³/mol. The summed E-state index contributed by atoms with van der Waals surface area (Å²) in [7, 11) is 1.68. The van der Waals surface area contributed by atoms with Gasteiger partial charge in [0.15, 0.2) is 0 Å². The van der Waals surface area contributed by atoms with E-state index in [1.807, 2.05) is 25.1 Å². The quantitative estimate of drug-likeness (QED) is 0.489. The number of esters is 1. The Morgan fingerprint density at radius 1 is 1.24 bits per heavy atom. The number of carbonyl (C=O) groups is 1. The Hall–Kier alpha value is -1.60.